The molecule has 2 aromatic rings. The van der Waals surface area contributed by atoms with E-state index in [2.05, 4.69) is 0 Å². The molecule has 1 atom stereocenters. The van der Waals surface area contributed by atoms with E-state index in [-0.39, 0.29) is 12.1 Å². The van der Waals surface area contributed by atoms with Crippen LogP contribution in [0.5, 0.6) is 0 Å². The number of ketones is 1. The molecule has 0 radical (unpaired) electrons. The molecule has 0 spiro atoms. The summed E-state index contributed by atoms with van der Waals surface area (Å²) in [6.07, 6.45) is -2.17. The molecule has 1 heterocycles. The summed E-state index contributed by atoms with van der Waals surface area (Å²) < 4.78 is 40.4. The smallest absolute Gasteiger partial charge is 0.380 e. The summed E-state index contributed by atoms with van der Waals surface area (Å²) in [4.78, 5) is 12.4. The summed E-state index contributed by atoms with van der Waals surface area (Å²) in [5.41, 5.74) is -3.08. The van der Waals surface area contributed by atoms with E-state index in [4.69, 9.17) is 10.5 Å². The molecule has 0 saturated heterocycles. The SMILES string of the molecule is C[C@](O)(Cn1ccc(C#N)c1)C(=O)Cc1ccc(C#N)c(C(F)(F)F)c1. The Kier molecular flexibility index (Phi) is 5.20. The van der Waals surface area contributed by atoms with Crippen LogP contribution in [0, 0.1) is 22.7 Å². The Labute approximate surface area is 147 Å². The van der Waals surface area contributed by atoms with Gasteiger partial charge in [-0.3, -0.25) is 4.79 Å². The Morgan fingerprint density at radius 3 is 2.46 bits per heavy atom. The van der Waals surface area contributed by atoms with E-state index >= 15 is 0 Å². The number of hydrogen-bond acceptors (Lipinski definition) is 4. The summed E-state index contributed by atoms with van der Waals surface area (Å²) in [6.45, 7) is 1.12. The fraction of sp³-hybridized carbons (Fsp3) is 0.278. The minimum atomic E-state index is -4.72. The van der Waals surface area contributed by atoms with E-state index in [1.165, 1.54) is 42.1 Å². The fourth-order valence-corrected chi connectivity index (χ4v) is 2.46. The molecule has 0 fully saturated rings. The Hall–Kier alpha value is -3.10. The number of carbonyl (C=O) groups is 1. The molecular formula is C18H14F3N3O2. The molecule has 0 amide bonds. The maximum Gasteiger partial charge on any atom is 0.417 e. The molecule has 0 aliphatic carbocycles. The van der Waals surface area contributed by atoms with Gasteiger partial charge in [-0.25, -0.2) is 0 Å². The monoisotopic (exact) mass is 361 g/mol. The van der Waals surface area contributed by atoms with Crippen molar-refractivity contribution >= 4 is 5.78 Å². The highest BCUT2D eigenvalue weighted by molar-refractivity contribution is 5.88. The first-order chi connectivity index (χ1) is 12.1. The van der Waals surface area contributed by atoms with Crippen molar-refractivity contribution < 1.29 is 23.1 Å². The molecular weight excluding hydrogens is 347 g/mol. The molecule has 1 aromatic heterocycles. The van der Waals surface area contributed by atoms with E-state index in [0.717, 1.165) is 12.1 Å². The first-order valence-corrected chi connectivity index (χ1v) is 7.48. The summed E-state index contributed by atoms with van der Waals surface area (Å²) in [7, 11) is 0. The van der Waals surface area contributed by atoms with E-state index in [1.54, 1.807) is 0 Å². The maximum absolute atomic E-state index is 13.0. The third-order valence-electron chi connectivity index (χ3n) is 3.85. The van der Waals surface area contributed by atoms with E-state index in [0.29, 0.717) is 5.56 Å². The number of carbonyl (C=O) groups excluding carboxylic acids is 1. The van der Waals surface area contributed by atoms with E-state index in [9.17, 15) is 23.1 Å². The highest BCUT2D eigenvalue weighted by Gasteiger charge is 2.35. The average molecular weight is 361 g/mol. The zero-order valence-corrected chi connectivity index (χ0v) is 13.7. The fourth-order valence-electron chi connectivity index (χ4n) is 2.46. The number of aromatic nitrogens is 1. The lowest BCUT2D eigenvalue weighted by atomic mass is 9.93. The van der Waals surface area contributed by atoms with Gasteiger partial charge < -0.3 is 9.67 Å². The standard InChI is InChI=1S/C18H14F3N3O2/c1-17(26,11-24-5-4-13(8-22)10-24)16(25)7-12-2-3-14(9-23)15(6-12)18(19,20)21/h2-6,10,26H,7,11H2,1H3/t17-/m0/s1. The lowest BCUT2D eigenvalue weighted by Crippen LogP contribution is -2.40. The van der Waals surface area contributed by atoms with Crippen LogP contribution in [-0.2, 0) is 23.9 Å². The van der Waals surface area contributed by atoms with Gasteiger partial charge in [0.2, 0.25) is 0 Å². The minimum absolute atomic E-state index is 0.0480. The van der Waals surface area contributed by atoms with Crippen molar-refractivity contribution in [3.63, 3.8) is 0 Å². The quantitative estimate of drug-likeness (QED) is 0.887. The molecule has 134 valence electrons. The zero-order valence-electron chi connectivity index (χ0n) is 13.7. The van der Waals surface area contributed by atoms with Crippen LogP contribution in [0.25, 0.3) is 0 Å². The van der Waals surface area contributed by atoms with Gasteiger partial charge >= 0.3 is 6.18 Å². The maximum atomic E-state index is 13.0. The van der Waals surface area contributed by atoms with Gasteiger partial charge in [0, 0.05) is 18.8 Å². The third kappa shape index (κ3) is 4.29. The number of halogens is 3. The van der Waals surface area contributed by atoms with Crippen molar-refractivity contribution in [2.45, 2.75) is 31.7 Å². The van der Waals surface area contributed by atoms with Gasteiger partial charge in [0.25, 0.3) is 0 Å². The van der Waals surface area contributed by atoms with Crippen molar-refractivity contribution in [3.8, 4) is 12.1 Å². The number of alkyl halides is 3. The molecule has 0 bridgehead atoms. The summed E-state index contributed by atoms with van der Waals surface area (Å²) in [6, 6.07) is 7.90. The average Bonchev–Trinajstić information content (AvgIpc) is 3.00. The van der Waals surface area contributed by atoms with Gasteiger partial charge in [0.15, 0.2) is 5.78 Å². The minimum Gasteiger partial charge on any atom is -0.380 e. The van der Waals surface area contributed by atoms with Crippen LogP contribution in [-0.4, -0.2) is 21.1 Å². The van der Waals surface area contributed by atoms with Crippen LogP contribution >= 0.6 is 0 Å². The number of hydrogen-bond donors (Lipinski definition) is 1. The molecule has 1 aromatic carbocycles. The Morgan fingerprint density at radius 2 is 1.92 bits per heavy atom. The molecule has 0 saturated carbocycles. The highest BCUT2D eigenvalue weighted by atomic mass is 19.4. The summed E-state index contributed by atoms with van der Waals surface area (Å²) in [5.74, 6) is -0.678. The number of aliphatic hydroxyl groups is 1. The molecule has 2 rings (SSSR count). The number of rotatable bonds is 5. The van der Waals surface area contributed by atoms with Crippen LogP contribution in [0.3, 0.4) is 0 Å². The van der Waals surface area contributed by atoms with Crippen molar-refractivity contribution in [1.29, 1.82) is 10.5 Å². The van der Waals surface area contributed by atoms with Crippen molar-refractivity contribution in [3.05, 3.63) is 58.9 Å². The van der Waals surface area contributed by atoms with Crippen molar-refractivity contribution in [2.75, 3.05) is 0 Å². The topological polar surface area (TPSA) is 89.8 Å². The lowest BCUT2D eigenvalue weighted by Gasteiger charge is -2.22. The van der Waals surface area contributed by atoms with E-state index < -0.39 is 35.1 Å². The Bertz CT molecular complexity index is 915. The first kappa shape index (κ1) is 19.2. The lowest BCUT2D eigenvalue weighted by molar-refractivity contribution is -0.138. The summed E-state index contributed by atoms with van der Waals surface area (Å²) >= 11 is 0. The van der Waals surface area contributed by atoms with Gasteiger partial charge in [0.05, 0.1) is 29.3 Å². The van der Waals surface area contributed by atoms with Crippen LogP contribution < -0.4 is 0 Å². The molecule has 26 heavy (non-hydrogen) atoms. The van der Waals surface area contributed by atoms with Gasteiger partial charge in [-0.05, 0) is 30.7 Å². The predicted octanol–water partition coefficient (Wildman–Crippen LogP) is 2.81. The normalized spacial score (nSPS) is 13.5. The largest absolute Gasteiger partial charge is 0.417 e. The summed E-state index contributed by atoms with van der Waals surface area (Å²) in [5, 5.41) is 27.9. The van der Waals surface area contributed by atoms with Gasteiger partial charge in [-0.15, -0.1) is 0 Å². The van der Waals surface area contributed by atoms with Crippen LogP contribution in [0.1, 0.15) is 29.2 Å². The van der Waals surface area contributed by atoms with E-state index in [1.807, 2.05) is 6.07 Å². The third-order valence-corrected chi connectivity index (χ3v) is 3.85. The van der Waals surface area contributed by atoms with Crippen LogP contribution in [0.2, 0.25) is 0 Å². The molecule has 0 aliphatic heterocycles. The van der Waals surface area contributed by atoms with Crippen molar-refractivity contribution in [2.24, 2.45) is 0 Å². The molecule has 0 aliphatic rings. The second kappa shape index (κ2) is 7.03. The van der Waals surface area contributed by atoms with Crippen LogP contribution in [0.4, 0.5) is 13.2 Å². The molecule has 8 heteroatoms. The number of nitriles is 2. The predicted molar refractivity (Wildman–Crippen MR) is 84.6 cm³/mol. The second-order valence-corrected chi connectivity index (χ2v) is 6.05. The zero-order chi connectivity index (χ0) is 19.5. The number of Topliss-reactive ketones (excluding diaryl/α,β-unsaturated/α-hetero) is 1. The van der Waals surface area contributed by atoms with Gasteiger partial charge in [-0.1, -0.05) is 6.07 Å². The second-order valence-electron chi connectivity index (χ2n) is 6.05. The molecule has 0 unspecified atom stereocenters. The molecule has 5 nitrogen and oxygen atoms in total. The Balaban J connectivity index is 2.20. The highest BCUT2D eigenvalue weighted by Crippen LogP contribution is 2.32. The van der Waals surface area contributed by atoms with Gasteiger partial charge in [-0.2, -0.15) is 23.7 Å². The number of benzene rings is 1. The van der Waals surface area contributed by atoms with Gasteiger partial charge in [0.1, 0.15) is 11.7 Å². The van der Waals surface area contributed by atoms with Crippen LogP contribution in [0.15, 0.2) is 36.7 Å². The Morgan fingerprint density at radius 1 is 1.23 bits per heavy atom. The molecule has 1 N–H and O–H groups in total. The number of nitrogens with zero attached hydrogens (tertiary/aromatic N) is 3. The first-order valence-electron chi connectivity index (χ1n) is 7.48. The van der Waals surface area contributed by atoms with Crippen molar-refractivity contribution in [1.82, 2.24) is 4.57 Å².